The Balaban J connectivity index is 1.76. The van der Waals surface area contributed by atoms with Crippen molar-refractivity contribution in [2.75, 3.05) is 19.8 Å². The first-order chi connectivity index (χ1) is 16.8. The number of nitrogens with zero attached hydrogens (tertiary/aromatic N) is 2. The second kappa shape index (κ2) is 10.2. The predicted molar refractivity (Wildman–Crippen MR) is 135 cm³/mol. The normalized spacial score (nSPS) is 31.7. The number of aliphatic hydroxyl groups is 1. The van der Waals surface area contributed by atoms with E-state index in [-0.39, 0.29) is 36.2 Å². The number of rotatable bonds is 10. The molecule has 0 aliphatic carbocycles. The van der Waals surface area contributed by atoms with Gasteiger partial charge in [-0.1, -0.05) is 56.0 Å². The van der Waals surface area contributed by atoms with Crippen LogP contribution in [0.5, 0.6) is 0 Å². The van der Waals surface area contributed by atoms with Crippen molar-refractivity contribution in [1.82, 2.24) is 9.80 Å². The Morgan fingerprint density at radius 3 is 2.66 bits per heavy atom. The van der Waals surface area contributed by atoms with Crippen LogP contribution in [-0.4, -0.2) is 74.5 Å². The van der Waals surface area contributed by atoms with Crippen LogP contribution in [0.4, 0.5) is 0 Å². The highest BCUT2D eigenvalue weighted by Crippen LogP contribution is 2.69. The number of hydrogen-bond donors (Lipinski definition) is 1. The number of carbonyl (C=O) groups excluding carboxylic acids is 3. The molecule has 1 N–H and O–H groups in total. The molecule has 2 bridgehead atoms. The van der Waals surface area contributed by atoms with E-state index in [1.807, 2.05) is 30.3 Å². The summed E-state index contributed by atoms with van der Waals surface area (Å²) in [6.07, 6.45) is 3.93. The summed E-state index contributed by atoms with van der Waals surface area (Å²) in [6.45, 7) is 11.8. The summed E-state index contributed by atoms with van der Waals surface area (Å²) in [7, 11) is 0. The zero-order valence-corrected chi connectivity index (χ0v) is 21.2. The highest BCUT2D eigenvalue weighted by atomic mass is 32.2. The van der Waals surface area contributed by atoms with Gasteiger partial charge in [0.2, 0.25) is 11.8 Å². The maximum absolute atomic E-state index is 14.3. The van der Waals surface area contributed by atoms with Crippen LogP contribution >= 0.6 is 11.8 Å². The van der Waals surface area contributed by atoms with E-state index in [0.717, 1.165) is 12.0 Å². The minimum Gasteiger partial charge on any atom is -0.461 e. The number of likely N-dealkylation sites (tertiary alicyclic amines) is 1. The van der Waals surface area contributed by atoms with Gasteiger partial charge in [0.1, 0.15) is 12.6 Å². The number of thioether (sulfide) groups is 1. The van der Waals surface area contributed by atoms with Crippen molar-refractivity contribution in [1.29, 1.82) is 0 Å². The van der Waals surface area contributed by atoms with Gasteiger partial charge in [-0.05, 0) is 24.8 Å². The zero-order valence-electron chi connectivity index (χ0n) is 20.3. The Morgan fingerprint density at radius 2 is 2.03 bits per heavy atom. The van der Waals surface area contributed by atoms with Gasteiger partial charge in [0.25, 0.3) is 0 Å². The largest absolute Gasteiger partial charge is 0.461 e. The molecular weight excluding hydrogens is 464 g/mol. The molecular formula is C27H34N2O5S. The number of hydrogen-bond acceptors (Lipinski definition) is 6. The second-order valence-corrected chi connectivity index (χ2v) is 11.3. The molecule has 3 heterocycles. The van der Waals surface area contributed by atoms with E-state index in [2.05, 4.69) is 20.1 Å². The van der Waals surface area contributed by atoms with Gasteiger partial charge in [-0.15, -0.1) is 18.3 Å². The zero-order chi connectivity index (χ0) is 25.3. The first-order valence-electron chi connectivity index (χ1n) is 12.1. The molecule has 7 atom stereocenters. The van der Waals surface area contributed by atoms with Crippen molar-refractivity contribution in [3.8, 4) is 0 Å². The maximum Gasteiger partial charge on any atom is 0.311 e. The Hall–Kier alpha value is -2.58. The van der Waals surface area contributed by atoms with Gasteiger partial charge in [-0.25, -0.2) is 0 Å². The van der Waals surface area contributed by atoms with E-state index in [4.69, 9.17) is 4.74 Å². The second-order valence-electron chi connectivity index (χ2n) is 9.74. The third-order valence-corrected chi connectivity index (χ3v) is 9.73. The topological polar surface area (TPSA) is 87.1 Å². The summed E-state index contributed by atoms with van der Waals surface area (Å²) in [5.41, 5.74) is 0.977. The van der Waals surface area contributed by atoms with E-state index in [0.29, 0.717) is 13.1 Å². The standard InChI is InChI=1S/C27H34N2O5S/c1-5-12-28(15-19-10-8-7-9-11-19)25(32)23-27-17(3)14-20(35-27)21(26(33)34-13-6-2)22(27)24(31)29(23)18(4)16-30/h5-11,17-18,20-23,30H,1-2,12-16H2,3-4H3/t17?,18-,20-,21+,22+,23?,27?/m1/s1. The SMILES string of the molecule is C=CCOC(=O)[C@@H]1[C@H]2C(=O)N([C@H](C)CO)C(C(=O)N(CC=C)Cc3ccccc3)C23S[C@@H]1CC3C. The lowest BCUT2D eigenvalue weighted by atomic mass is 9.66. The van der Waals surface area contributed by atoms with Crippen molar-refractivity contribution in [3.63, 3.8) is 0 Å². The summed E-state index contributed by atoms with van der Waals surface area (Å²) in [5.74, 6) is -2.07. The molecule has 0 radical (unpaired) electrons. The van der Waals surface area contributed by atoms with Crippen molar-refractivity contribution in [2.24, 2.45) is 17.8 Å². The van der Waals surface area contributed by atoms with Crippen LogP contribution in [0.15, 0.2) is 55.6 Å². The van der Waals surface area contributed by atoms with E-state index < -0.39 is 34.6 Å². The minimum atomic E-state index is -0.784. The molecule has 3 aliphatic rings. The molecule has 3 aliphatic heterocycles. The molecule has 2 amide bonds. The first-order valence-corrected chi connectivity index (χ1v) is 13.0. The number of fused-ring (bicyclic) bond motifs is 1. The Kier molecular flexibility index (Phi) is 7.43. The molecule has 1 spiro atoms. The predicted octanol–water partition coefficient (Wildman–Crippen LogP) is 2.65. The van der Waals surface area contributed by atoms with Crippen molar-refractivity contribution in [2.45, 2.75) is 48.9 Å². The molecule has 3 unspecified atom stereocenters. The molecule has 1 aromatic carbocycles. The first kappa shape index (κ1) is 25.5. The fourth-order valence-electron chi connectivity index (χ4n) is 6.17. The molecule has 3 fully saturated rings. The van der Waals surface area contributed by atoms with Gasteiger partial charge < -0.3 is 19.6 Å². The number of aliphatic hydroxyl groups excluding tert-OH is 1. The van der Waals surface area contributed by atoms with Crippen LogP contribution in [0.3, 0.4) is 0 Å². The molecule has 0 aromatic heterocycles. The van der Waals surface area contributed by atoms with Crippen LogP contribution in [0.2, 0.25) is 0 Å². The summed E-state index contributed by atoms with van der Waals surface area (Å²) in [6, 6.07) is 8.36. The fourth-order valence-corrected chi connectivity index (χ4v) is 8.56. The fraction of sp³-hybridized carbons (Fsp3) is 0.519. The highest BCUT2D eigenvalue weighted by molar-refractivity contribution is 8.02. The third-order valence-electron chi connectivity index (χ3n) is 7.65. The average molecular weight is 499 g/mol. The van der Waals surface area contributed by atoms with E-state index in [9.17, 15) is 19.5 Å². The van der Waals surface area contributed by atoms with Crippen molar-refractivity contribution in [3.05, 3.63) is 61.2 Å². The van der Waals surface area contributed by atoms with Crippen molar-refractivity contribution >= 4 is 29.5 Å². The molecule has 0 saturated carbocycles. The van der Waals surface area contributed by atoms with Crippen molar-refractivity contribution < 1.29 is 24.2 Å². The van der Waals surface area contributed by atoms with E-state index in [1.165, 1.54) is 6.08 Å². The summed E-state index contributed by atoms with van der Waals surface area (Å²) in [5, 5.41) is 9.95. The monoisotopic (exact) mass is 498 g/mol. The lowest BCUT2D eigenvalue weighted by Crippen LogP contribution is -2.58. The van der Waals surface area contributed by atoms with Gasteiger partial charge in [0.15, 0.2) is 0 Å². The number of carbonyl (C=O) groups is 3. The van der Waals surface area contributed by atoms with Gasteiger partial charge in [-0.2, -0.15) is 0 Å². The van der Waals surface area contributed by atoms with Gasteiger partial charge in [0, 0.05) is 18.3 Å². The number of benzene rings is 1. The Labute approximate surface area is 211 Å². The van der Waals surface area contributed by atoms with Crippen LogP contribution in [0.25, 0.3) is 0 Å². The summed E-state index contributed by atoms with van der Waals surface area (Å²) >= 11 is 1.60. The van der Waals surface area contributed by atoms with Gasteiger partial charge in [-0.3, -0.25) is 14.4 Å². The lowest BCUT2D eigenvalue weighted by molar-refractivity contribution is -0.154. The number of ether oxygens (including phenoxy) is 1. The third kappa shape index (κ3) is 4.10. The van der Waals surface area contributed by atoms with Crippen LogP contribution in [0.1, 0.15) is 25.8 Å². The van der Waals surface area contributed by atoms with E-state index in [1.54, 1.807) is 34.6 Å². The quantitative estimate of drug-likeness (QED) is 0.394. The Bertz CT molecular complexity index is 1000. The molecule has 1 aromatic rings. The maximum atomic E-state index is 14.3. The molecule has 35 heavy (non-hydrogen) atoms. The van der Waals surface area contributed by atoms with Crippen LogP contribution in [0, 0.1) is 17.8 Å². The summed E-state index contributed by atoms with van der Waals surface area (Å²) in [4.78, 5) is 44.6. The smallest absolute Gasteiger partial charge is 0.311 e. The van der Waals surface area contributed by atoms with Crippen LogP contribution in [-0.2, 0) is 25.7 Å². The van der Waals surface area contributed by atoms with Gasteiger partial charge in [0.05, 0.1) is 29.2 Å². The average Bonchev–Trinajstić information content (AvgIpc) is 3.45. The lowest BCUT2D eigenvalue weighted by Gasteiger charge is -2.41. The minimum absolute atomic E-state index is 0.0436. The molecule has 3 saturated heterocycles. The molecule has 7 nitrogen and oxygen atoms in total. The summed E-state index contributed by atoms with van der Waals surface area (Å²) < 4.78 is 4.65. The van der Waals surface area contributed by atoms with Crippen LogP contribution < -0.4 is 0 Å². The molecule has 188 valence electrons. The highest BCUT2D eigenvalue weighted by Gasteiger charge is 2.76. The molecule has 4 rings (SSSR count). The number of esters is 1. The van der Waals surface area contributed by atoms with Gasteiger partial charge >= 0.3 is 5.97 Å². The Morgan fingerprint density at radius 1 is 1.31 bits per heavy atom. The van der Waals surface area contributed by atoms with E-state index >= 15 is 0 Å². The molecule has 8 heteroatoms. The number of amides is 2.